The van der Waals surface area contributed by atoms with E-state index in [1.54, 1.807) is 0 Å². The van der Waals surface area contributed by atoms with Crippen molar-refractivity contribution in [1.82, 2.24) is 0 Å². The molecule has 2 aromatic rings. The molecule has 0 atom stereocenters. The van der Waals surface area contributed by atoms with Gasteiger partial charge in [-0.1, -0.05) is 0 Å². The molecule has 0 aliphatic heterocycles. The second-order valence-electron chi connectivity index (χ2n) is 6.20. The van der Waals surface area contributed by atoms with Crippen LogP contribution in [-0.2, 0) is 29.5 Å². The molecule has 0 heterocycles. The zero-order valence-corrected chi connectivity index (χ0v) is 20.8. The second-order valence-corrected chi connectivity index (χ2v) is 21.1. The van der Waals surface area contributed by atoms with Crippen LogP contribution in [-0.4, -0.2) is 43.2 Å². The molecule has 0 spiro atoms. The Kier molecular flexibility index (Phi) is 7.66. The summed E-state index contributed by atoms with van der Waals surface area (Å²) in [6.45, 7) is 0. The fourth-order valence-corrected chi connectivity index (χ4v) is 24.8. The molecule has 0 aliphatic carbocycles. The van der Waals surface area contributed by atoms with Crippen molar-refractivity contribution in [3.05, 3.63) is 67.8 Å². The second kappa shape index (κ2) is 9.05. The first kappa shape index (κ1) is 29.6. The van der Waals surface area contributed by atoms with E-state index in [0.717, 1.165) is 36.4 Å². The third-order valence-electron chi connectivity index (χ3n) is 4.01. The summed E-state index contributed by atoms with van der Waals surface area (Å²) >= 11 is -6.07. The number of sulfone groups is 3. The Morgan fingerprint density at radius 2 is 0.686 bits per heavy atom. The first-order valence-electron chi connectivity index (χ1n) is 8.31. The van der Waals surface area contributed by atoms with Crippen LogP contribution < -0.4 is 0 Å². The number of hydrogen-bond donors (Lipinski definition) is 0. The standard InChI is InChI=1S/C16H10F9IO6S3/c17-13(18,19)33(27,28)16(34(29,30)14(20,21)22,35(31,32)15(23,24)25)26(11-7-3-1-4-8-11)12-9-5-2-6-10-12/h1-10H. The predicted octanol–water partition coefficient (Wildman–Crippen LogP) is 4.65. The molecule has 0 N–H and O–H groups in total. The molecule has 0 aliphatic rings. The van der Waals surface area contributed by atoms with Gasteiger partial charge in [-0.25, -0.2) is 0 Å². The number of rotatable bonds is 6. The minimum atomic E-state index is -8.32. The SMILES string of the molecule is O=S(=O)(C(F)(F)F)C(I(c1ccccc1)c1ccccc1)(S(=O)(=O)C(F)(F)F)S(=O)(=O)C(F)(F)F. The van der Waals surface area contributed by atoms with Gasteiger partial charge < -0.3 is 0 Å². The Bertz CT molecular complexity index is 1240. The molecule has 0 amide bonds. The van der Waals surface area contributed by atoms with Crippen LogP contribution in [0.5, 0.6) is 0 Å². The fourth-order valence-electron chi connectivity index (χ4n) is 2.63. The van der Waals surface area contributed by atoms with E-state index in [1.165, 1.54) is 0 Å². The van der Waals surface area contributed by atoms with Gasteiger partial charge in [-0.05, 0) is 0 Å². The fraction of sp³-hybridized carbons (Fsp3) is 0.250. The van der Waals surface area contributed by atoms with E-state index >= 15 is 0 Å². The number of benzene rings is 2. The molecule has 6 nitrogen and oxygen atoms in total. The van der Waals surface area contributed by atoms with E-state index in [-0.39, 0.29) is 0 Å². The van der Waals surface area contributed by atoms with Crippen LogP contribution in [0, 0.1) is 7.14 Å². The Hall–Kier alpha value is -1.61. The van der Waals surface area contributed by atoms with Crippen LogP contribution in [0.15, 0.2) is 60.7 Å². The summed E-state index contributed by atoms with van der Waals surface area (Å²) in [6, 6.07) is 7.71. The van der Waals surface area contributed by atoms with E-state index in [1.807, 2.05) is 0 Å². The van der Waals surface area contributed by atoms with Gasteiger partial charge in [0, 0.05) is 0 Å². The quantitative estimate of drug-likeness (QED) is 0.249. The van der Waals surface area contributed by atoms with Crippen molar-refractivity contribution in [2.75, 3.05) is 0 Å². The third-order valence-corrected chi connectivity index (χ3v) is 25.3. The minimum absolute atomic E-state index is 0.552. The van der Waals surface area contributed by atoms with Crippen LogP contribution in [0.25, 0.3) is 0 Å². The van der Waals surface area contributed by atoms with Crippen LogP contribution >= 0.6 is 19.8 Å². The maximum absolute atomic E-state index is 13.7. The van der Waals surface area contributed by atoms with Crippen molar-refractivity contribution in [3.63, 3.8) is 0 Å². The van der Waals surface area contributed by atoms with E-state index in [4.69, 9.17) is 0 Å². The van der Waals surface area contributed by atoms with Crippen LogP contribution in [0.1, 0.15) is 0 Å². The van der Waals surface area contributed by atoms with E-state index in [0.29, 0.717) is 24.3 Å². The average molecular weight is 692 g/mol. The number of hydrogen-bond acceptors (Lipinski definition) is 6. The summed E-state index contributed by atoms with van der Waals surface area (Å²) in [6.07, 6.45) is 0. The summed E-state index contributed by atoms with van der Waals surface area (Å²) in [7, 11) is -25.0. The molecule has 198 valence electrons. The summed E-state index contributed by atoms with van der Waals surface area (Å²) < 4.78 is 191. The van der Waals surface area contributed by atoms with Gasteiger partial charge in [-0.2, -0.15) is 0 Å². The van der Waals surface area contributed by atoms with Gasteiger partial charge in [0.25, 0.3) is 0 Å². The van der Waals surface area contributed by atoms with E-state index < -0.39 is 74.4 Å². The Labute approximate surface area is 199 Å². The molecule has 2 aromatic carbocycles. The molecular weight excluding hydrogens is 682 g/mol. The van der Waals surface area contributed by atoms with Gasteiger partial charge in [0.2, 0.25) is 0 Å². The molecule has 0 bridgehead atoms. The van der Waals surface area contributed by atoms with Crippen molar-refractivity contribution in [2.24, 2.45) is 0 Å². The maximum atomic E-state index is 13.7. The van der Waals surface area contributed by atoms with Gasteiger partial charge >= 0.3 is 200 Å². The van der Waals surface area contributed by atoms with E-state index in [9.17, 15) is 64.8 Å². The molecule has 0 saturated carbocycles. The Balaban J connectivity index is 3.49. The number of halogens is 10. The third kappa shape index (κ3) is 4.41. The Morgan fingerprint density at radius 1 is 0.457 bits per heavy atom. The molecule has 0 fully saturated rings. The molecule has 2 rings (SSSR count). The zero-order valence-electron chi connectivity index (χ0n) is 16.2. The van der Waals surface area contributed by atoms with Gasteiger partial charge in [-0.15, -0.1) is 0 Å². The molecule has 0 radical (unpaired) electrons. The molecule has 19 heteroatoms. The van der Waals surface area contributed by atoms with Crippen molar-refractivity contribution in [1.29, 1.82) is 0 Å². The first-order valence-corrected chi connectivity index (χ1v) is 16.0. The first-order chi connectivity index (χ1) is 15.6. The summed E-state index contributed by atoms with van der Waals surface area (Å²) in [4.78, 5) is 0. The van der Waals surface area contributed by atoms with Crippen molar-refractivity contribution < 1.29 is 64.8 Å². The normalized spacial score (nSPS) is 15.1. The van der Waals surface area contributed by atoms with Gasteiger partial charge in [-0.3, -0.25) is 0 Å². The van der Waals surface area contributed by atoms with Crippen LogP contribution in [0.2, 0.25) is 0 Å². The van der Waals surface area contributed by atoms with E-state index in [2.05, 4.69) is 0 Å². The summed E-state index contributed by atoms with van der Waals surface area (Å²) in [5.41, 5.74) is -21.5. The van der Waals surface area contributed by atoms with Crippen molar-refractivity contribution in [3.8, 4) is 0 Å². The van der Waals surface area contributed by atoms with Gasteiger partial charge in [0.15, 0.2) is 0 Å². The molecule has 0 aromatic heterocycles. The molecular formula is C16H10F9IO6S3. The van der Waals surface area contributed by atoms with Crippen molar-refractivity contribution >= 4 is 49.3 Å². The van der Waals surface area contributed by atoms with Crippen LogP contribution in [0.3, 0.4) is 0 Å². The van der Waals surface area contributed by atoms with Crippen molar-refractivity contribution in [2.45, 2.75) is 17.9 Å². The molecule has 0 saturated heterocycles. The van der Waals surface area contributed by atoms with Gasteiger partial charge in [0.05, 0.1) is 0 Å². The average Bonchev–Trinajstić information content (AvgIpc) is 2.70. The topological polar surface area (TPSA) is 102 Å². The molecule has 0 unspecified atom stereocenters. The summed E-state index contributed by atoms with van der Waals surface area (Å²) in [5.74, 6) is 0. The van der Waals surface area contributed by atoms with Crippen LogP contribution in [0.4, 0.5) is 39.5 Å². The van der Waals surface area contributed by atoms with Gasteiger partial charge in [0.1, 0.15) is 0 Å². The molecule has 35 heavy (non-hydrogen) atoms. The Morgan fingerprint density at radius 3 is 0.886 bits per heavy atom. The summed E-state index contributed by atoms with van der Waals surface area (Å²) in [5, 5.41) is 0. The zero-order chi connectivity index (χ0) is 27.3. The predicted molar refractivity (Wildman–Crippen MR) is 112 cm³/mol. The monoisotopic (exact) mass is 692 g/mol. The number of alkyl halides is 10.